The van der Waals surface area contributed by atoms with Crippen LogP contribution < -0.4 is 10.1 Å². The molecule has 0 saturated carbocycles. The molecule has 2 aromatic carbocycles. The van der Waals surface area contributed by atoms with Crippen LogP contribution in [0.3, 0.4) is 0 Å². The Labute approximate surface area is 128 Å². The van der Waals surface area contributed by atoms with Crippen molar-refractivity contribution in [3.8, 4) is 5.75 Å². The van der Waals surface area contributed by atoms with Gasteiger partial charge in [0.1, 0.15) is 5.75 Å². The molecule has 0 saturated heterocycles. The number of benzene rings is 2. The Kier molecular flexibility index (Phi) is 5.82. The van der Waals surface area contributed by atoms with Crippen molar-refractivity contribution in [2.45, 2.75) is 39.3 Å². The topological polar surface area (TPSA) is 21.3 Å². The second kappa shape index (κ2) is 7.84. The van der Waals surface area contributed by atoms with Gasteiger partial charge >= 0.3 is 0 Å². The van der Waals surface area contributed by atoms with Gasteiger partial charge in [-0.15, -0.1) is 0 Å². The van der Waals surface area contributed by atoms with Gasteiger partial charge in [-0.2, -0.15) is 0 Å². The summed E-state index contributed by atoms with van der Waals surface area (Å²) in [6, 6.07) is 17.2. The molecule has 2 nitrogen and oxygen atoms in total. The third-order valence-corrected chi connectivity index (χ3v) is 3.96. The van der Waals surface area contributed by atoms with Gasteiger partial charge in [-0.1, -0.05) is 56.3 Å². The average molecular weight is 283 g/mol. The monoisotopic (exact) mass is 283 g/mol. The Morgan fingerprint density at radius 3 is 2.29 bits per heavy atom. The molecule has 2 aromatic rings. The minimum absolute atomic E-state index is 0.311. The summed E-state index contributed by atoms with van der Waals surface area (Å²) in [4.78, 5) is 0. The molecule has 0 radical (unpaired) electrons. The molecule has 0 fully saturated rings. The van der Waals surface area contributed by atoms with E-state index in [0.29, 0.717) is 6.04 Å². The summed E-state index contributed by atoms with van der Waals surface area (Å²) in [5.74, 6) is 0.959. The van der Waals surface area contributed by atoms with E-state index in [-0.39, 0.29) is 0 Å². The van der Waals surface area contributed by atoms with Crippen molar-refractivity contribution in [2.75, 3.05) is 7.11 Å². The summed E-state index contributed by atoms with van der Waals surface area (Å²) in [6.07, 6.45) is 2.11. The summed E-state index contributed by atoms with van der Waals surface area (Å²) in [6.45, 7) is 5.30. The van der Waals surface area contributed by atoms with Crippen molar-refractivity contribution in [3.63, 3.8) is 0 Å². The van der Waals surface area contributed by atoms with Crippen molar-refractivity contribution < 1.29 is 4.74 Å². The molecule has 0 aliphatic carbocycles. The molecular weight excluding hydrogens is 258 g/mol. The fourth-order valence-corrected chi connectivity index (χ4v) is 2.74. The number of methoxy groups -OCH3 is 1. The summed E-state index contributed by atoms with van der Waals surface area (Å²) in [5, 5.41) is 3.67. The number of ether oxygens (including phenoxy) is 1. The lowest BCUT2D eigenvalue weighted by atomic mass is 10.0. The van der Waals surface area contributed by atoms with E-state index in [1.807, 2.05) is 12.1 Å². The largest absolute Gasteiger partial charge is 0.496 e. The predicted octanol–water partition coefficient (Wildman–Crippen LogP) is 4.50. The molecule has 0 aromatic heterocycles. The molecule has 0 heterocycles. The maximum Gasteiger partial charge on any atom is 0.123 e. The Morgan fingerprint density at radius 2 is 1.62 bits per heavy atom. The Bertz CT molecular complexity index is 565. The van der Waals surface area contributed by atoms with E-state index < -0.39 is 0 Å². The van der Waals surface area contributed by atoms with Gasteiger partial charge in [-0.25, -0.2) is 0 Å². The highest BCUT2D eigenvalue weighted by molar-refractivity contribution is 5.36. The molecule has 1 unspecified atom stereocenters. The van der Waals surface area contributed by atoms with Crippen LogP contribution >= 0.6 is 0 Å². The zero-order valence-corrected chi connectivity index (χ0v) is 13.2. The zero-order valence-electron chi connectivity index (χ0n) is 13.2. The SMILES string of the molecule is CCc1ccccc1CNC(CC)c1ccccc1OC. The number of para-hydroxylation sites is 1. The maximum absolute atomic E-state index is 5.49. The smallest absolute Gasteiger partial charge is 0.123 e. The van der Waals surface area contributed by atoms with E-state index in [4.69, 9.17) is 4.74 Å². The van der Waals surface area contributed by atoms with Gasteiger partial charge in [-0.05, 0) is 30.0 Å². The summed E-state index contributed by atoms with van der Waals surface area (Å²) in [7, 11) is 1.73. The van der Waals surface area contributed by atoms with Crippen LogP contribution in [-0.2, 0) is 13.0 Å². The van der Waals surface area contributed by atoms with Gasteiger partial charge in [0.2, 0.25) is 0 Å². The number of hydrogen-bond acceptors (Lipinski definition) is 2. The van der Waals surface area contributed by atoms with Crippen molar-refractivity contribution in [1.82, 2.24) is 5.32 Å². The third kappa shape index (κ3) is 3.85. The molecule has 21 heavy (non-hydrogen) atoms. The number of aryl methyl sites for hydroxylation is 1. The van der Waals surface area contributed by atoms with Crippen LogP contribution in [0.2, 0.25) is 0 Å². The lowest BCUT2D eigenvalue weighted by Gasteiger charge is -2.20. The van der Waals surface area contributed by atoms with Crippen molar-refractivity contribution >= 4 is 0 Å². The van der Waals surface area contributed by atoms with Crippen LogP contribution in [0.15, 0.2) is 48.5 Å². The number of nitrogens with one attached hydrogen (secondary N) is 1. The van der Waals surface area contributed by atoms with Crippen LogP contribution in [-0.4, -0.2) is 7.11 Å². The first kappa shape index (κ1) is 15.6. The van der Waals surface area contributed by atoms with E-state index in [1.165, 1.54) is 16.7 Å². The molecule has 0 bridgehead atoms. The molecule has 0 aliphatic heterocycles. The minimum atomic E-state index is 0.311. The maximum atomic E-state index is 5.49. The van der Waals surface area contributed by atoms with Gasteiger partial charge in [0.25, 0.3) is 0 Å². The molecule has 0 aliphatic rings. The Hall–Kier alpha value is -1.80. The van der Waals surface area contributed by atoms with Crippen molar-refractivity contribution in [1.29, 1.82) is 0 Å². The first-order chi connectivity index (χ1) is 10.3. The number of rotatable bonds is 7. The lowest BCUT2D eigenvalue weighted by Crippen LogP contribution is -2.21. The molecule has 0 spiro atoms. The molecule has 0 amide bonds. The normalized spacial score (nSPS) is 12.1. The lowest BCUT2D eigenvalue weighted by molar-refractivity contribution is 0.396. The molecule has 2 rings (SSSR count). The van der Waals surface area contributed by atoms with Gasteiger partial charge in [0.05, 0.1) is 7.11 Å². The minimum Gasteiger partial charge on any atom is -0.496 e. The summed E-state index contributed by atoms with van der Waals surface area (Å²) >= 11 is 0. The van der Waals surface area contributed by atoms with Crippen molar-refractivity contribution in [3.05, 3.63) is 65.2 Å². The van der Waals surface area contributed by atoms with E-state index in [1.54, 1.807) is 7.11 Å². The number of hydrogen-bond donors (Lipinski definition) is 1. The molecule has 2 heteroatoms. The van der Waals surface area contributed by atoms with E-state index in [0.717, 1.165) is 25.1 Å². The standard InChI is InChI=1S/C19H25NO/c1-4-15-10-6-7-11-16(15)14-20-18(5-2)17-12-8-9-13-19(17)21-3/h6-13,18,20H,4-5,14H2,1-3H3. The van der Waals surface area contributed by atoms with Crippen LogP contribution in [0.1, 0.15) is 43.0 Å². The molecule has 1 atom stereocenters. The Morgan fingerprint density at radius 1 is 0.952 bits per heavy atom. The predicted molar refractivity (Wildman–Crippen MR) is 88.7 cm³/mol. The van der Waals surface area contributed by atoms with Crippen LogP contribution in [0.25, 0.3) is 0 Å². The van der Waals surface area contributed by atoms with Gasteiger partial charge < -0.3 is 10.1 Å². The van der Waals surface area contributed by atoms with E-state index >= 15 is 0 Å². The van der Waals surface area contributed by atoms with Crippen LogP contribution in [0.4, 0.5) is 0 Å². The van der Waals surface area contributed by atoms with E-state index in [2.05, 4.69) is 55.6 Å². The zero-order chi connectivity index (χ0) is 15.1. The molecule has 1 N–H and O–H groups in total. The summed E-state index contributed by atoms with van der Waals surface area (Å²) < 4.78 is 5.49. The third-order valence-electron chi connectivity index (χ3n) is 3.96. The fourth-order valence-electron chi connectivity index (χ4n) is 2.74. The highest BCUT2D eigenvalue weighted by Gasteiger charge is 2.13. The van der Waals surface area contributed by atoms with Gasteiger partial charge in [0.15, 0.2) is 0 Å². The quantitative estimate of drug-likeness (QED) is 0.808. The average Bonchev–Trinajstić information content (AvgIpc) is 2.56. The Balaban J connectivity index is 2.12. The first-order valence-electron chi connectivity index (χ1n) is 7.73. The highest BCUT2D eigenvalue weighted by Crippen LogP contribution is 2.27. The van der Waals surface area contributed by atoms with Crippen molar-refractivity contribution in [2.24, 2.45) is 0 Å². The van der Waals surface area contributed by atoms with Gasteiger partial charge in [0, 0.05) is 18.2 Å². The van der Waals surface area contributed by atoms with Gasteiger partial charge in [-0.3, -0.25) is 0 Å². The second-order valence-electron chi connectivity index (χ2n) is 5.21. The fraction of sp³-hybridized carbons (Fsp3) is 0.368. The van der Waals surface area contributed by atoms with Crippen LogP contribution in [0.5, 0.6) is 5.75 Å². The first-order valence-corrected chi connectivity index (χ1v) is 7.73. The van der Waals surface area contributed by atoms with Crippen LogP contribution in [0, 0.1) is 0 Å². The second-order valence-corrected chi connectivity index (χ2v) is 5.21. The summed E-state index contributed by atoms with van der Waals surface area (Å²) in [5.41, 5.74) is 4.03. The molecule has 112 valence electrons. The highest BCUT2D eigenvalue weighted by atomic mass is 16.5. The van der Waals surface area contributed by atoms with E-state index in [9.17, 15) is 0 Å². The molecular formula is C19H25NO.